The second-order valence-electron chi connectivity index (χ2n) is 21.5. The van der Waals surface area contributed by atoms with Gasteiger partial charge in [0, 0.05) is 6.42 Å². The average Bonchev–Trinajstić information content (AvgIpc) is 3.36. The summed E-state index contributed by atoms with van der Waals surface area (Å²) in [6.07, 6.45) is 58.6. The Morgan fingerprint density at radius 1 is 0.471 bits per heavy atom. The van der Waals surface area contributed by atoms with Gasteiger partial charge in [-0.3, -0.25) is 4.79 Å². The van der Waals surface area contributed by atoms with Crippen molar-refractivity contribution in [3.05, 3.63) is 24.3 Å². The Kier molecular flexibility index (Phi) is 48.7. The number of allylic oxidation sites excluding steroid dienone is 3. The molecule has 1 heterocycles. The fraction of sp³-hybridized carbons (Fsp3) is 0.918. The molecule has 70 heavy (non-hydrogen) atoms. The molecule has 9 heteroatoms. The van der Waals surface area contributed by atoms with Gasteiger partial charge in [0.2, 0.25) is 5.91 Å². The third kappa shape index (κ3) is 40.1. The zero-order chi connectivity index (χ0) is 50.8. The molecule has 414 valence electrons. The molecule has 0 aromatic heterocycles. The van der Waals surface area contributed by atoms with Crippen LogP contribution in [0.5, 0.6) is 0 Å². The van der Waals surface area contributed by atoms with Crippen molar-refractivity contribution in [2.45, 2.75) is 346 Å². The second-order valence-corrected chi connectivity index (χ2v) is 21.5. The summed E-state index contributed by atoms with van der Waals surface area (Å²) >= 11 is 0. The largest absolute Gasteiger partial charge is 0.394 e. The van der Waals surface area contributed by atoms with Crippen LogP contribution in [0.15, 0.2) is 24.3 Å². The van der Waals surface area contributed by atoms with E-state index in [1.165, 1.54) is 244 Å². The van der Waals surface area contributed by atoms with Crippen LogP contribution in [-0.2, 0) is 14.3 Å². The minimum atomic E-state index is -1.57. The predicted octanol–water partition coefficient (Wildman–Crippen LogP) is 15.4. The minimum Gasteiger partial charge on any atom is -0.394 e. The number of hydrogen-bond acceptors (Lipinski definition) is 8. The number of nitrogens with one attached hydrogen (secondary N) is 1. The van der Waals surface area contributed by atoms with E-state index in [0.29, 0.717) is 6.42 Å². The molecular weight excluding hydrogens is 875 g/mol. The summed E-state index contributed by atoms with van der Waals surface area (Å²) in [5.74, 6) is -0.181. The lowest BCUT2D eigenvalue weighted by molar-refractivity contribution is -0.302. The average molecular weight is 993 g/mol. The number of carbonyl (C=O) groups excluding carboxylic acids is 1. The minimum absolute atomic E-state index is 0.181. The number of hydrogen-bond donors (Lipinski definition) is 6. The summed E-state index contributed by atoms with van der Waals surface area (Å²) in [4.78, 5) is 13.0. The van der Waals surface area contributed by atoms with Gasteiger partial charge in [-0.25, -0.2) is 0 Å². The van der Waals surface area contributed by atoms with Gasteiger partial charge >= 0.3 is 0 Å². The van der Waals surface area contributed by atoms with Crippen molar-refractivity contribution in [1.29, 1.82) is 0 Å². The summed E-state index contributed by atoms with van der Waals surface area (Å²) in [5, 5.41) is 54.4. The number of amides is 1. The Bertz CT molecular complexity index is 1150. The first kappa shape index (κ1) is 66.7. The third-order valence-electron chi connectivity index (χ3n) is 14.8. The number of aliphatic hydroxyl groups excluding tert-OH is 5. The molecule has 1 aliphatic rings. The molecular formula is C61H117NO8. The Morgan fingerprint density at radius 3 is 1.20 bits per heavy atom. The van der Waals surface area contributed by atoms with Crippen LogP contribution in [0, 0.1) is 0 Å². The van der Waals surface area contributed by atoms with E-state index in [1.807, 2.05) is 6.08 Å². The molecule has 0 aliphatic carbocycles. The molecule has 1 amide bonds. The van der Waals surface area contributed by atoms with Gasteiger partial charge in [0.15, 0.2) is 6.29 Å². The van der Waals surface area contributed by atoms with Crippen LogP contribution >= 0.6 is 0 Å². The van der Waals surface area contributed by atoms with E-state index in [-0.39, 0.29) is 12.5 Å². The highest BCUT2D eigenvalue weighted by Gasteiger charge is 2.44. The maximum Gasteiger partial charge on any atom is 0.220 e. The van der Waals surface area contributed by atoms with E-state index in [9.17, 15) is 30.3 Å². The van der Waals surface area contributed by atoms with E-state index in [0.717, 1.165) is 38.5 Å². The van der Waals surface area contributed by atoms with Crippen LogP contribution in [0.25, 0.3) is 0 Å². The van der Waals surface area contributed by atoms with Gasteiger partial charge in [-0.1, -0.05) is 289 Å². The van der Waals surface area contributed by atoms with Crippen molar-refractivity contribution in [1.82, 2.24) is 5.32 Å². The molecule has 1 saturated heterocycles. The molecule has 0 radical (unpaired) electrons. The molecule has 0 spiro atoms. The standard InChI is InChI=1S/C61H117NO8/c1-3-5-7-9-11-13-15-17-18-19-20-21-22-23-24-25-26-27-28-29-30-31-32-33-34-35-36-37-39-41-43-45-47-49-51-57(65)62-54(53-69-61-60(68)59(67)58(66)56(52-63)70-61)55(64)50-48-46-44-42-40-38-16-14-12-10-8-6-4-2/h40,42,48,50,54-56,58-61,63-64,66-68H,3-39,41,43-47,49,51-53H2,1-2H3,(H,62,65)/b42-40+,50-48+. The Morgan fingerprint density at radius 2 is 0.814 bits per heavy atom. The number of aliphatic hydroxyl groups is 5. The van der Waals surface area contributed by atoms with Crippen molar-refractivity contribution in [3.63, 3.8) is 0 Å². The fourth-order valence-corrected chi connectivity index (χ4v) is 9.94. The SMILES string of the molecule is CCCCCCCCC/C=C/CC/C=C/C(O)C(COC1OC(CO)C(O)C(O)C1O)NC(=O)CCCCCCCCCCCCCCCCCCCCCCCCCCCCCCCCCCCC. The molecule has 0 aromatic carbocycles. The van der Waals surface area contributed by atoms with Crippen LogP contribution in [-0.4, -0.2) is 87.5 Å². The van der Waals surface area contributed by atoms with Gasteiger partial charge in [-0.15, -0.1) is 0 Å². The van der Waals surface area contributed by atoms with Crippen LogP contribution in [0.4, 0.5) is 0 Å². The zero-order valence-corrected chi connectivity index (χ0v) is 46.0. The highest BCUT2D eigenvalue weighted by atomic mass is 16.7. The zero-order valence-electron chi connectivity index (χ0n) is 46.0. The van der Waals surface area contributed by atoms with E-state index in [2.05, 4.69) is 31.3 Å². The van der Waals surface area contributed by atoms with Crippen LogP contribution in [0.2, 0.25) is 0 Å². The van der Waals surface area contributed by atoms with E-state index in [4.69, 9.17) is 9.47 Å². The number of rotatable bonds is 53. The molecule has 7 atom stereocenters. The lowest BCUT2D eigenvalue weighted by Crippen LogP contribution is -2.60. The predicted molar refractivity (Wildman–Crippen MR) is 295 cm³/mol. The molecule has 1 aliphatic heterocycles. The lowest BCUT2D eigenvalue weighted by atomic mass is 9.99. The Balaban J connectivity index is 2.07. The van der Waals surface area contributed by atoms with Gasteiger partial charge < -0.3 is 40.3 Å². The van der Waals surface area contributed by atoms with Crippen molar-refractivity contribution >= 4 is 5.91 Å². The maximum absolute atomic E-state index is 13.0. The van der Waals surface area contributed by atoms with Gasteiger partial charge in [-0.05, 0) is 32.1 Å². The third-order valence-corrected chi connectivity index (χ3v) is 14.8. The summed E-state index contributed by atoms with van der Waals surface area (Å²) < 4.78 is 11.2. The Hall–Kier alpha value is -1.33. The Labute approximate surface area is 432 Å². The van der Waals surface area contributed by atoms with Crippen LogP contribution in [0.3, 0.4) is 0 Å². The van der Waals surface area contributed by atoms with Crippen molar-refractivity contribution in [2.24, 2.45) is 0 Å². The van der Waals surface area contributed by atoms with Crippen LogP contribution < -0.4 is 5.32 Å². The van der Waals surface area contributed by atoms with Gasteiger partial charge in [-0.2, -0.15) is 0 Å². The first-order chi connectivity index (χ1) is 34.3. The monoisotopic (exact) mass is 992 g/mol. The van der Waals surface area contributed by atoms with E-state index in [1.54, 1.807) is 6.08 Å². The fourth-order valence-electron chi connectivity index (χ4n) is 9.94. The first-order valence-electron chi connectivity index (χ1n) is 30.6. The van der Waals surface area contributed by atoms with Crippen LogP contribution in [0.1, 0.15) is 303 Å². The molecule has 1 rings (SSSR count). The summed E-state index contributed by atoms with van der Waals surface area (Å²) in [7, 11) is 0. The van der Waals surface area contributed by atoms with Crippen molar-refractivity contribution in [3.8, 4) is 0 Å². The molecule has 9 nitrogen and oxygen atoms in total. The van der Waals surface area contributed by atoms with Gasteiger partial charge in [0.05, 0.1) is 25.4 Å². The topological polar surface area (TPSA) is 149 Å². The smallest absolute Gasteiger partial charge is 0.220 e. The molecule has 0 bridgehead atoms. The van der Waals surface area contributed by atoms with E-state index >= 15 is 0 Å². The van der Waals surface area contributed by atoms with Crippen molar-refractivity contribution < 1.29 is 39.8 Å². The number of unbranched alkanes of at least 4 members (excludes halogenated alkanes) is 41. The normalized spacial score (nSPS) is 19.4. The maximum atomic E-state index is 13.0. The highest BCUT2D eigenvalue weighted by molar-refractivity contribution is 5.76. The quantitative estimate of drug-likeness (QED) is 0.0261. The lowest BCUT2D eigenvalue weighted by Gasteiger charge is -2.40. The second kappa shape index (κ2) is 51.2. The molecule has 0 aromatic rings. The summed E-state index contributed by atoms with van der Waals surface area (Å²) in [6.45, 7) is 3.78. The van der Waals surface area contributed by atoms with Gasteiger partial charge in [0.1, 0.15) is 24.4 Å². The van der Waals surface area contributed by atoms with E-state index < -0.39 is 49.5 Å². The molecule has 7 unspecified atom stereocenters. The molecule has 0 saturated carbocycles. The van der Waals surface area contributed by atoms with Crippen molar-refractivity contribution in [2.75, 3.05) is 13.2 Å². The van der Waals surface area contributed by atoms with Gasteiger partial charge in [0.25, 0.3) is 0 Å². The number of ether oxygens (including phenoxy) is 2. The molecule has 6 N–H and O–H groups in total. The molecule has 1 fully saturated rings. The first-order valence-corrected chi connectivity index (χ1v) is 30.6. The highest BCUT2D eigenvalue weighted by Crippen LogP contribution is 2.23. The number of carbonyl (C=O) groups is 1. The summed E-state index contributed by atoms with van der Waals surface area (Å²) in [5.41, 5.74) is 0. The summed E-state index contributed by atoms with van der Waals surface area (Å²) in [6, 6.07) is -0.817.